The molecule has 7 heteroatoms. The molecule has 0 radical (unpaired) electrons. The molecule has 162 valence electrons. The van der Waals surface area contributed by atoms with Crippen LogP contribution in [-0.2, 0) is 11.3 Å². The van der Waals surface area contributed by atoms with E-state index in [0.29, 0.717) is 18.4 Å². The first-order valence-corrected chi connectivity index (χ1v) is 10.7. The van der Waals surface area contributed by atoms with Crippen LogP contribution < -0.4 is 11.1 Å². The lowest BCUT2D eigenvalue weighted by atomic mass is 9.95. The quantitative estimate of drug-likeness (QED) is 0.334. The third kappa shape index (κ3) is 7.44. The molecule has 0 spiro atoms. The Hall–Kier alpha value is -1.35. The Labute approximate surface area is 192 Å². The number of halogens is 1. The molecule has 0 bridgehead atoms. The van der Waals surface area contributed by atoms with Gasteiger partial charge in [-0.2, -0.15) is 0 Å². The number of hydrogen-bond donors (Lipinski definition) is 2. The van der Waals surface area contributed by atoms with Crippen molar-refractivity contribution < 1.29 is 4.79 Å². The molecule has 0 aliphatic carbocycles. The van der Waals surface area contributed by atoms with E-state index < -0.39 is 0 Å². The van der Waals surface area contributed by atoms with Crippen LogP contribution in [0.2, 0.25) is 0 Å². The largest absolute Gasteiger partial charge is 0.370 e. The molecule has 2 unspecified atom stereocenters. The van der Waals surface area contributed by atoms with Crippen LogP contribution >= 0.6 is 24.0 Å². The zero-order chi connectivity index (χ0) is 19.8. The molecule has 6 nitrogen and oxygen atoms in total. The SMILES string of the molecule is CCNC(=NCC1CCCN1Cc1ccccc1)N1CCCC(CC(N)=O)C1.I. The summed E-state index contributed by atoms with van der Waals surface area (Å²) in [5.41, 5.74) is 6.79. The van der Waals surface area contributed by atoms with Gasteiger partial charge in [0.1, 0.15) is 0 Å². The highest BCUT2D eigenvalue weighted by atomic mass is 127. The van der Waals surface area contributed by atoms with Crippen LogP contribution in [0.1, 0.15) is 44.6 Å². The van der Waals surface area contributed by atoms with Gasteiger partial charge in [-0.3, -0.25) is 14.7 Å². The fraction of sp³-hybridized carbons (Fsp3) is 0.636. The van der Waals surface area contributed by atoms with Gasteiger partial charge >= 0.3 is 0 Å². The first kappa shape index (κ1) is 23.9. The smallest absolute Gasteiger partial charge is 0.217 e. The van der Waals surface area contributed by atoms with E-state index in [-0.39, 0.29) is 29.9 Å². The van der Waals surface area contributed by atoms with Gasteiger partial charge in [0.25, 0.3) is 0 Å². The summed E-state index contributed by atoms with van der Waals surface area (Å²) in [5, 5.41) is 3.46. The van der Waals surface area contributed by atoms with Crippen molar-refractivity contribution in [2.75, 3.05) is 32.7 Å². The van der Waals surface area contributed by atoms with Crippen LogP contribution in [0.3, 0.4) is 0 Å². The van der Waals surface area contributed by atoms with Gasteiger partial charge < -0.3 is 16.0 Å². The third-order valence-corrected chi connectivity index (χ3v) is 5.82. The molecule has 2 atom stereocenters. The van der Waals surface area contributed by atoms with Crippen LogP contribution in [0, 0.1) is 5.92 Å². The maximum Gasteiger partial charge on any atom is 0.217 e. The third-order valence-electron chi connectivity index (χ3n) is 5.82. The Morgan fingerprint density at radius 3 is 2.69 bits per heavy atom. The first-order valence-electron chi connectivity index (χ1n) is 10.7. The monoisotopic (exact) mass is 513 g/mol. The number of nitrogens with one attached hydrogen (secondary N) is 1. The highest BCUT2D eigenvalue weighted by molar-refractivity contribution is 14.0. The van der Waals surface area contributed by atoms with Crippen molar-refractivity contribution in [1.82, 2.24) is 15.1 Å². The van der Waals surface area contributed by atoms with Crippen molar-refractivity contribution in [3.05, 3.63) is 35.9 Å². The van der Waals surface area contributed by atoms with Crippen molar-refractivity contribution in [2.24, 2.45) is 16.6 Å². The molecule has 1 aromatic rings. The highest BCUT2D eigenvalue weighted by Gasteiger charge is 2.26. The average molecular weight is 513 g/mol. The molecule has 2 heterocycles. The van der Waals surface area contributed by atoms with Gasteiger partial charge in [-0.15, -0.1) is 24.0 Å². The fourth-order valence-corrected chi connectivity index (χ4v) is 4.45. The normalized spacial score (nSPS) is 22.9. The summed E-state index contributed by atoms with van der Waals surface area (Å²) < 4.78 is 0. The maximum atomic E-state index is 11.3. The van der Waals surface area contributed by atoms with Crippen LogP contribution in [0.25, 0.3) is 0 Å². The summed E-state index contributed by atoms with van der Waals surface area (Å²) in [5.74, 6) is 1.13. The zero-order valence-corrected chi connectivity index (χ0v) is 19.9. The van der Waals surface area contributed by atoms with E-state index in [1.165, 1.54) is 18.4 Å². The lowest BCUT2D eigenvalue weighted by Gasteiger charge is -2.35. The van der Waals surface area contributed by atoms with E-state index in [9.17, 15) is 4.79 Å². The number of nitrogens with two attached hydrogens (primary N) is 1. The number of amides is 1. The van der Waals surface area contributed by atoms with Gasteiger partial charge in [-0.1, -0.05) is 30.3 Å². The van der Waals surface area contributed by atoms with Gasteiger partial charge in [-0.25, -0.2) is 0 Å². The molecule has 2 fully saturated rings. The number of carbonyl (C=O) groups is 1. The predicted octanol–water partition coefficient (Wildman–Crippen LogP) is 2.82. The van der Waals surface area contributed by atoms with Crippen LogP contribution in [0.4, 0.5) is 0 Å². The number of piperidine rings is 1. The van der Waals surface area contributed by atoms with E-state index in [4.69, 9.17) is 10.7 Å². The minimum Gasteiger partial charge on any atom is -0.370 e. The number of guanidine groups is 1. The van der Waals surface area contributed by atoms with E-state index in [2.05, 4.69) is 52.4 Å². The highest BCUT2D eigenvalue weighted by Crippen LogP contribution is 2.22. The molecule has 2 aliphatic rings. The topological polar surface area (TPSA) is 74.0 Å². The second kappa shape index (κ2) is 12.4. The number of hydrogen-bond acceptors (Lipinski definition) is 3. The predicted molar refractivity (Wildman–Crippen MR) is 129 cm³/mol. The molecule has 3 N–H and O–H groups in total. The number of likely N-dealkylation sites (tertiary alicyclic amines) is 2. The van der Waals surface area contributed by atoms with Gasteiger partial charge in [0.15, 0.2) is 5.96 Å². The van der Waals surface area contributed by atoms with Gasteiger partial charge in [0, 0.05) is 38.6 Å². The summed E-state index contributed by atoms with van der Waals surface area (Å²) in [7, 11) is 0. The second-order valence-corrected chi connectivity index (χ2v) is 8.07. The number of rotatable bonds is 7. The minimum absolute atomic E-state index is 0. The van der Waals surface area contributed by atoms with Crippen molar-refractivity contribution in [2.45, 2.75) is 51.6 Å². The Morgan fingerprint density at radius 1 is 1.21 bits per heavy atom. The van der Waals surface area contributed by atoms with Crippen molar-refractivity contribution >= 4 is 35.8 Å². The molecule has 2 aliphatic heterocycles. The first-order chi connectivity index (χ1) is 13.7. The fourth-order valence-electron chi connectivity index (χ4n) is 4.45. The lowest BCUT2D eigenvalue weighted by Crippen LogP contribution is -2.47. The van der Waals surface area contributed by atoms with Gasteiger partial charge in [-0.05, 0) is 50.6 Å². The molecule has 0 aromatic heterocycles. The Balaban J connectivity index is 0.00000300. The number of aliphatic imine (C=N–C) groups is 1. The average Bonchev–Trinajstić information content (AvgIpc) is 3.12. The summed E-state index contributed by atoms with van der Waals surface area (Å²) in [6, 6.07) is 11.2. The minimum atomic E-state index is -0.198. The molecule has 29 heavy (non-hydrogen) atoms. The van der Waals surface area contributed by atoms with E-state index in [0.717, 1.165) is 58.1 Å². The van der Waals surface area contributed by atoms with Crippen LogP contribution in [0.5, 0.6) is 0 Å². The summed E-state index contributed by atoms with van der Waals surface area (Å²) in [4.78, 5) is 21.2. The number of carbonyl (C=O) groups excluding carboxylic acids is 1. The van der Waals surface area contributed by atoms with Gasteiger partial charge in [0.2, 0.25) is 5.91 Å². The number of benzene rings is 1. The second-order valence-electron chi connectivity index (χ2n) is 8.07. The Morgan fingerprint density at radius 2 is 1.97 bits per heavy atom. The number of nitrogens with zero attached hydrogens (tertiary/aromatic N) is 3. The molecular weight excluding hydrogens is 477 g/mol. The number of primary amides is 1. The molecule has 0 saturated carbocycles. The summed E-state index contributed by atoms with van der Waals surface area (Å²) in [6.45, 7) is 7.81. The summed E-state index contributed by atoms with van der Waals surface area (Å²) in [6.07, 6.45) is 5.09. The maximum absolute atomic E-state index is 11.3. The zero-order valence-electron chi connectivity index (χ0n) is 17.6. The molecule has 2 saturated heterocycles. The summed E-state index contributed by atoms with van der Waals surface area (Å²) >= 11 is 0. The molecule has 1 amide bonds. The van der Waals surface area contributed by atoms with Crippen molar-refractivity contribution in [3.63, 3.8) is 0 Å². The van der Waals surface area contributed by atoms with Crippen molar-refractivity contribution in [3.8, 4) is 0 Å². The Kier molecular flexibility index (Phi) is 10.2. The van der Waals surface area contributed by atoms with E-state index >= 15 is 0 Å². The van der Waals surface area contributed by atoms with Gasteiger partial charge in [0.05, 0.1) is 6.54 Å². The molecular formula is C22H36IN5O. The Bertz CT molecular complexity index is 654. The van der Waals surface area contributed by atoms with Crippen LogP contribution in [0.15, 0.2) is 35.3 Å². The van der Waals surface area contributed by atoms with Crippen molar-refractivity contribution in [1.29, 1.82) is 0 Å². The lowest BCUT2D eigenvalue weighted by molar-refractivity contribution is -0.119. The molecule has 3 rings (SSSR count). The molecule has 1 aromatic carbocycles. The standard InChI is InChI=1S/C22H35N5O.HI/c1-2-24-22(27-13-6-10-19(17-27)14-21(23)28)25-15-20-11-7-12-26(20)16-18-8-4-3-5-9-18;/h3-5,8-9,19-20H,2,6-7,10-17H2,1H3,(H2,23,28)(H,24,25);1H. The van der Waals surface area contributed by atoms with Crippen LogP contribution in [-0.4, -0.2) is 60.4 Å². The van der Waals surface area contributed by atoms with E-state index in [1.54, 1.807) is 0 Å². The van der Waals surface area contributed by atoms with E-state index in [1.807, 2.05) is 0 Å².